The van der Waals surface area contributed by atoms with Crippen LogP contribution in [0.1, 0.15) is 46.4 Å². The van der Waals surface area contributed by atoms with Gasteiger partial charge in [-0.25, -0.2) is 9.18 Å². The highest BCUT2D eigenvalue weighted by atomic mass is 19.1. The van der Waals surface area contributed by atoms with Crippen molar-refractivity contribution in [3.8, 4) is 0 Å². The van der Waals surface area contributed by atoms with Crippen molar-refractivity contribution in [2.75, 3.05) is 42.9 Å². The average molecular weight is 426 g/mol. The molecule has 4 rings (SSSR count). The summed E-state index contributed by atoms with van der Waals surface area (Å²) in [4.78, 5) is 29.0. The van der Waals surface area contributed by atoms with Gasteiger partial charge < -0.3 is 20.2 Å². The summed E-state index contributed by atoms with van der Waals surface area (Å²) in [5.74, 6) is -1.31. The Balaban J connectivity index is 1.55. The Labute approximate surface area is 181 Å². The minimum Gasteiger partial charge on any atom is -0.478 e. The Morgan fingerprint density at radius 1 is 1.00 bits per heavy atom. The van der Waals surface area contributed by atoms with Crippen molar-refractivity contribution < 1.29 is 19.1 Å². The number of aromatic carboxylic acids is 1. The minimum atomic E-state index is -1.05. The fraction of sp³-hybridized carbons (Fsp3) is 0.417. The van der Waals surface area contributed by atoms with E-state index in [0.29, 0.717) is 17.2 Å². The van der Waals surface area contributed by atoms with Crippen LogP contribution in [-0.2, 0) is 0 Å². The molecule has 2 N–H and O–H groups in total. The lowest BCUT2D eigenvalue weighted by molar-refractivity contribution is 0.0696. The lowest BCUT2D eigenvalue weighted by Crippen LogP contribution is -2.40. The number of hydrogen-bond donors (Lipinski definition) is 2. The van der Waals surface area contributed by atoms with E-state index in [4.69, 9.17) is 0 Å². The van der Waals surface area contributed by atoms with Crippen molar-refractivity contribution in [1.29, 1.82) is 0 Å². The average Bonchev–Trinajstić information content (AvgIpc) is 3.27. The van der Waals surface area contributed by atoms with Crippen LogP contribution in [0.2, 0.25) is 0 Å². The van der Waals surface area contributed by atoms with Gasteiger partial charge >= 0.3 is 5.97 Å². The van der Waals surface area contributed by atoms with Gasteiger partial charge in [0, 0.05) is 25.2 Å². The molecule has 2 aromatic carbocycles. The van der Waals surface area contributed by atoms with Gasteiger partial charge in [0.1, 0.15) is 5.82 Å². The Morgan fingerprint density at radius 3 is 2.42 bits per heavy atom. The second kappa shape index (κ2) is 9.47. The fourth-order valence-corrected chi connectivity index (χ4v) is 4.60. The molecule has 31 heavy (non-hydrogen) atoms. The van der Waals surface area contributed by atoms with Crippen molar-refractivity contribution in [3.63, 3.8) is 0 Å². The number of carboxylic acids is 1. The summed E-state index contributed by atoms with van der Waals surface area (Å²) in [6, 6.07) is 10.2. The molecule has 1 unspecified atom stereocenters. The zero-order valence-electron chi connectivity index (χ0n) is 17.5. The van der Waals surface area contributed by atoms with Crippen molar-refractivity contribution >= 4 is 23.3 Å². The van der Waals surface area contributed by atoms with E-state index in [9.17, 15) is 19.1 Å². The van der Waals surface area contributed by atoms with Crippen LogP contribution < -0.4 is 10.2 Å². The second-order valence-corrected chi connectivity index (χ2v) is 8.46. The first-order chi connectivity index (χ1) is 15.0. The number of halogens is 1. The number of nitrogens with one attached hydrogen (secondary N) is 1. The molecular formula is C24H28FN3O3. The maximum atomic E-state index is 13.2. The van der Waals surface area contributed by atoms with Gasteiger partial charge in [0.25, 0.3) is 5.91 Å². The van der Waals surface area contributed by atoms with Crippen molar-refractivity contribution in [3.05, 3.63) is 59.4 Å². The van der Waals surface area contributed by atoms with E-state index in [1.807, 2.05) is 0 Å². The van der Waals surface area contributed by atoms with Gasteiger partial charge in [-0.15, -0.1) is 0 Å². The van der Waals surface area contributed by atoms with Gasteiger partial charge in [-0.05, 0) is 87.2 Å². The van der Waals surface area contributed by atoms with Crippen LogP contribution in [-0.4, -0.2) is 54.6 Å². The van der Waals surface area contributed by atoms with E-state index in [0.717, 1.165) is 31.7 Å². The summed E-state index contributed by atoms with van der Waals surface area (Å²) in [5, 5.41) is 12.3. The topological polar surface area (TPSA) is 72.9 Å². The molecule has 2 heterocycles. The van der Waals surface area contributed by atoms with Crippen LogP contribution >= 0.6 is 0 Å². The first-order valence-corrected chi connectivity index (χ1v) is 10.9. The van der Waals surface area contributed by atoms with E-state index >= 15 is 0 Å². The Morgan fingerprint density at radius 2 is 1.71 bits per heavy atom. The van der Waals surface area contributed by atoms with Crippen LogP contribution in [0.5, 0.6) is 0 Å². The number of carboxylic acid groups (broad SMARTS) is 1. The zero-order chi connectivity index (χ0) is 21.8. The molecule has 2 saturated heterocycles. The number of carbonyl (C=O) groups excluding carboxylic acids is 1. The monoisotopic (exact) mass is 425 g/mol. The predicted octanol–water partition coefficient (Wildman–Crippen LogP) is 4.09. The van der Waals surface area contributed by atoms with Crippen molar-refractivity contribution in [2.24, 2.45) is 5.92 Å². The molecule has 6 nitrogen and oxygen atoms in total. The largest absolute Gasteiger partial charge is 0.478 e. The number of likely N-dealkylation sites (tertiary alicyclic amines) is 1. The van der Waals surface area contributed by atoms with Gasteiger partial charge in [-0.1, -0.05) is 0 Å². The Hall–Kier alpha value is -2.93. The third-order valence-electron chi connectivity index (χ3n) is 6.17. The lowest BCUT2D eigenvalue weighted by Gasteiger charge is -2.37. The van der Waals surface area contributed by atoms with Gasteiger partial charge in [0.15, 0.2) is 0 Å². The van der Waals surface area contributed by atoms with Crippen LogP contribution in [0, 0.1) is 11.7 Å². The van der Waals surface area contributed by atoms with E-state index < -0.39 is 17.7 Å². The normalized spacial score (nSPS) is 19.4. The molecular weight excluding hydrogens is 397 g/mol. The molecule has 2 aliphatic rings. The van der Waals surface area contributed by atoms with Crippen LogP contribution in [0.4, 0.5) is 15.8 Å². The molecule has 2 aromatic rings. The number of hydrogen-bond acceptors (Lipinski definition) is 4. The summed E-state index contributed by atoms with van der Waals surface area (Å²) < 4.78 is 13.2. The number of anilines is 2. The first-order valence-electron chi connectivity index (χ1n) is 10.9. The van der Waals surface area contributed by atoms with E-state index in [-0.39, 0.29) is 5.56 Å². The Kier molecular flexibility index (Phi) is 6.51. The lowest BCUT2D eigenvalue weighted by atomic mass is 9.96. The standard InChI is InChI=1S/C24H28FN3O3/c25-20-8-5-18(6-9-20)23(29)26-21-14-19(24(30)31)7-10-22(21)28-13-3-4-17(16-28)15-27-11-1-2-12-27/h5-10,14,17H,1-4,11-13,15-16H2,(H,26,29)(H,30,31). The highest BCUT2D eigenvalue weighted by Gasteiger charge is 2.25. The first kappa shape index (κ1) is 21.3. The molecule has 0 bridgehead atoms. The summed E-state index contributed by atoms with van der Waals surface area (Å²) in [6.07, 6.45) is 4.78. The molecule has 0 aliphatic carbocycles. The van der Waals surface area contributed by atoms with Gasteiger partial charge in [-0.3, -0.25) is 4.79 Å². The number of rotatable bonds is 6. The molecule has 0 saturated carbocycles. The number of piperidine rings is 1. The smallest absolute Gasteiger partial charge is 0.335 e. The second-order valence-electron chi connectivity index (χ2n) is 8.46. The number of nitrogens with zero attached hydrogens (tertiary/aromatic N) is 2. The molecule has 0 radical (unpaired) electrons. The third kappa shape index (κ3) is 5.22. The fourth-order valence-electron chi connectivity index (χ4n) is 4.60. The predicted molar refractivity (Wildman–Crippen MR) is 118 cm³/mol. The highest BCUT2D eigenvalue weighted by Crippen LogP contribution is 2.32. The van der Waals surface area contributed by atoms with Crippen molar-refractivity contribution in [2.45, 2.75) is 25.7 Å². The van der Waals surface area contributed by atoms with Crippen LogP contribution in [0.15, 0.2) is 42.5 Å². The minimum absolute atomic E-state index is 0.115. The maximum absolute atomic E-state index is 13.2. The number of benzene rings is 2. The number of carbonyl (C=O) groups is 2. The summed E-state index contributed by atoms with van der Waals surface area (Å²) in [5.41, 5.74) is 1.73. The van der Waals surface area contributed by atoms with E-state index in [1.54, 1.807) is 12.1 Å². The Bertz CT molecular complexity index is 942. The van der Waals surface area contributed by atoms with E-state index in [1.165, 1.54) is 62.7 Å². The SMILES string of the molecule is O=C(O)c1ccc(N2CCCC(CN3CCCC3)C2)c(NC(=O)c2ccc(F)cc2)c1. The summed E-state index contributed by atoms with van der Waals surface area (Å²) in [7, 11) is 0. The summed E-state index contributed by atoms with van der Waals surface area (Å²) in [6.45, 7) is 5.16. The highest BCUT2D eigenvalue weighted by molar-refractivity contribution is 6.06. The third-order valence-corrected chi connectivity index (χ3v) is 6.17. The van der Waals surface area contributed by atoms with Gasteiger partial charge in [0.05, 0.1) is 16.9 Å². The molecule has 2 aliphatic heterocycles. The van der Waals surface area contributed by atoms with Gasteiger partial charge in [0.2, 0.25) is 0 Å². The molecule has 2 fully saturated rings. The quantitative estimate of drug-likeness (QED) is 0.729. The maximum Gasteiger partial charge on any atom is 0.335 e. The summed E-state index contributed by atoms with van der Waals surface area (Å²) >= 11 is 0. The van der Waals surface area contributed by atoms with E-state index in [2.05, 4.69) is 15.1 Å². The number of amides is 1. The molecule has 1 amide bonds. The van der Waals surface area contributed by atoms with Crippen molar-refractivity contribution in [1.82, 2.24) is 4.90 Å². The molecule has 1 atom stereocenters. The molecule has 7 heteroatoms. The zero-order valence-corrected chi connectivity index (χ0v) is 17.5. The molecule has 0 spiro atoms. The molecule has 0 aromatic heterocycles. The van der Waals surface area contributed by atoms with Crippen LogP contribution in [0.3, 0.4) is 0 Å². The van der Waals surface area contributed by atoms with Crippen LogP contribution in [0.25, 0.3) is 0 Å². The van der Waals surface area contributed by atoms with Gasteiger partial charge in [-0.2, -0.15) is 0 Å². The molecule has 164 valence electrons.